The number of rotatable bonds is 3. The Morgan fingerprint density at radius 3 is 2.87 bits per heavy atom. The zero-order valence-electron chi connectivity index (χ0n) is 8.20. The Hall–Kier alpha value is -2.02. The Bertz CT molecular complexity index is 423. The van der Waals surface area contributed by atoms with Crippen molar-refractivity contribution in [1.29, 1.82) is 0 Å². The maximum Gasteiger partial charge on any atom is 0.340 e. The minimum absolute atomic E-state index is 0.226. The van der Waals surface area contributed by atoms with E-state index in [1.54, 1.807) is 7.05 Å². The standard InChI is InChI=1S/C11H10FNO2/c1-3-7-13(2)9-6-4-5-8(12)10(9)11(14)15/h1,4-6H,7H2,2H3,(H,14,15). The Balaban J connectivity index is 3.23. The highest BCUT2D eigenvalue weighted by molar-refractivity contribution is 5.94. The van der Waals surface area contributed by atoms with Crippen LogP contribution in [0.25, 0.3) is 0 Å². The molecule has 0 radical (unpaired) electrons. The summed E-state index contributed by atoms with van der Waals surface area (Å²) in [4.78, 5) is 12.3. The largest absolute Gasteiger partial charge is 0.478 e. The second-order valence-electron chi connectivity index (χ2n) is 3.00. The number of terminal acetylenes is 1. The van der Waals surface area contributed by atoms with Gasteiger partial charge in [-0.3, -0.25) is 0 Å². The molecule has 0 saturated carbocycles. The third kappa shape index (κ3) is 2.26. The number of aromatic carboxylic acids is 1. The van der Waals surface area contributed by atoms with Crippen LogP contribution in [0.1, 0.15) is 10.4 Å². The van der Waals surface area contributed by atoms with Crippen molar-refractivity contribution < 1.29 is 14.3 Å². The molecule has 0 fully saturated rings. The fourth-order valence-electron chi connectivity index (χ4n) is 1.26. The molecule has 0 aliphatic carbocycles. The molecule has 3 nitrogen and oxygen atoms in total. The summed E-state index contributed by atoms with van der Waals surface area (Å²) in [6.07, 6.45) is 5.10. The first-order valence-electron chi connectivity index (χ1n) is 4.24. The van der Waals surface area contributed by atoms with Gasteiger partial charge >= 0.3 is 5.97 Å². The van der Waals surface area contributed by atoms with Crippen LogP contribution in [-0.4, -0.2) is 24.7 Å². The number of anilines is 1. The first kappa shape index (κ1) is 11.1. The van der Waals surface area contributed by atoms with Gasteiger partial charge in [0.15, 0.2) is 0 Å². The Morgan fingerprint density at radius 2 is 2.33 bits per heavy atom. The molecule has 0 spiro atoms. The highest BCUT2D eigenvalue weighted by Gasteiger charge is 2.17. The normalized spacial score (nSPS) is 9.40. The first-order chi connectivity index (χ1) is 7.07. The van der Waals surface area contributed by atoms with E-state index in [1.165, 1.54) is 17.0 Å². The van der Waals surface area contributed by atoms with Crippen LogP contribution in [-0.2, 0) is 0 Å². The average molecular weight is 207 g/mol. The van der Waals surface area contributed by atoms with Gasteiger partial charge in [-0.25, -0.2) is 9.18 Å². The van der Waals surface area contributed by atoms with E-state index in [1.807, 2.05) is 0 Å². The molecule has 0 atom stereocenters. The molecular weight excluding hydrogens is 197 g/mol. The van der Waals surface area contributed by atoms with Crippen molar-refractivity contribution in [3.63, 3.8) is 0 Å². The molecule has 0 bridgehead atoms. The van der Waals surface area contributed by atoms with Gasteiger partial charge in [0.2, 0.25) is 0 Å². The SMILES string of the molecule is C#CCN(C)c1cccc(F)c1C(=O)O. The predicted octanol–water partition coefficient (Wildman–Crippen LogP) is 1.59. The third-order valence-electron chi connectivity index (χ3n) is 1.95. The summed E-state index contributed by atoms with van der Waals surface area (Å²) in [5.41, 5.74) is -0.0734. The summed E-state index contributed by atoms with van der Waals surface area (Å²) in [5, 5.41) is 8.85. The Labute approximate surface area is 87.1 Å². The summed E-state index contributed by atoms with van der Waals surface area (Å²) < 4.78 is 13.2. The van der Waals surface area contributed by atoms with Crippen LogP contribution in [0.3, 0.4) is 0 Å². The molecule has 0 heterocycles. The minimum Gasteiger partial charge on any atom is -0.478 e. The van der Waals surface area contributed by atoms with Gasteiger partial charge in [-0.15, -0.1) is 6.42 Å². The van der Waals surface area contributed by atoms with E-state index < -0.39 is 11.8 Å². The van der Waals surface area contributed by atoms with Gasteiger partial charge in [-0.05, 0) is 12.1 Å². The highest BCUT2D eigenvalue weighted by Crippen LogP contribution is 2.21. The van der Waals surface area contributed by atoms with Crippen LogP contribution < -0.4 is 4.90 Å². The highest BCUT2D eigenvalue weighted by atomic mass is 19.1. The van der Waals surface area contributed by atoms with Crippen molar-refractivity contribution in [2.75, 3.05) is 18.5 Å². The van der Waals surface area contributed by atoms with Crippen LogP contribution >= 0.6 is 0 Å². The van der Waals surface area contributed by atoms with Crippen LogP contribution in [0, 0.1) is 18.2 Å². The summed E-state index contributed by atoms with van der Waals surface area (Å²) >= 11 is 0. The predicted molar refractivity (Wildman–Crippen MR) is 55.5 cm³/mol. The topological polar surface area (TPSA) is 40.5 Å². The number of hydrogen-bond donors (Lipinski definition) is 1. The maximum atomic E-state index is 13.2. The zero-order chi connectivity index (χ0) is 11.4. The van der Waals surface area contributed by atoms with Crippen LogP contribution in [0.2, 0.25) is 0 Å². The van der Waals surface area contributed by atoms with E-state index in [-0.39, 0.29) is 17.8 Å². The van der Waals surface area contributed by atoms with Gasteiger partial charge in [0, 0.05) is 7.05 Å². The molecule has 15 heavy (non-hydrogen) atoms. The summed E-state index contributed by atoms with van der Waals surface area (Å²) in [5.74, 6) is 0.303. The Kier molecular flexibility index (Phi) is 3.29. The number of halogens is 1. The van der Waals surface area contributed by atoms with Crippen LogP contribution in [0.15, 0.2) is 18.2 Å². The zero-order valence-corrected chi connectivity index (χ0v) is 8.20. The van der Waals surface area contributed by atoms with E-state index in [4.69, 9.17) is 11.5 Å². The lowest BCUT2D eigenvalue weighted by atomic mass is 10.1. The molecule has 1 rings (SSSR count). The average Bonchev–Trinajstić information content (AvgIpc) is 2.17. The number of nitrogens with zero attached hydrogens (tertiary/aromatic N) is 1. The van der Waals surface area contributed by atoms with E-state index in [9.17, 15) is 9.18 Å². The van der Waals surface area contributed by atoms with Crippen molar-refractivity contribution in [2.45, 2.75) is 0 Å². The lowest BCUT2D eigenvalue weighted by molar-refractivity contribution is 0.0692. The molecule has 1 aromatic rings. The van der Waals surface area contributed by atoms with Crippen molar-refractivity contribution in [2.24, 2.45) is 0 Å². The number of hydrogen-bond acceptors (Lipinski definition) is 2. The molecule has 0 saturated heterocycles. The van der Waals surface area contributed by atoms with Crippen LogP contribution in [0.5, 0.6) is 0 Å². The van der Waals surface area contributed by atoms with Gasteiger partial charge in [0.25, 0.3) is 0 Å². The van der Waals surface area contributed by atoms with E-state index in [0.29, 0.717) is 0 Å². The monoisotopic (exact) mass is 207 g/mol. The summed E-state index contributed by atoms with van der Waals surface area (Å²) in [7, 11) is 1.61. The van der Waals surface area contributed by atoms with Crippen molar-refractivity contribution in [1.82, 2.24) is 0 Å². The molecule has 0 aliphatic heterocycles. The van der Waals surface area contributed by atoms with Gasteiger partial charge in [0.1, 0.15) is 11.4 Å². The number of benzene rings is 1. The fourth-order valence-corrected chi connectivity index (χ4v) is 1.26. The first-order valence-corrected chi connectivity index (χ1v) is 4.24. The molecule has 0 aromatic heterocycles. The minimum atomic E-state index is -1.30. The van der Waals surface area contributed by atoms with Gasteiger partial charge < -0.3 is 10.0 Å². The number of carboxylic acids is 1. The molecule has 4 heteroatoms. The lowest BCUT2D eigenvalue weighted by Crippen LogP contribution is -2.20. The Morgan fingerprint density at radius 1 is 1.67 bits per heavy atom. The second kappa shape index (κ2) is 4.47. The van der Waals surface area contributed by atoms with Gasteiger partial charge in [-0.1, -0.05) is 12.0 Å². The summed E-state index contributed by atoms with van der Waals surface area (Å²) in [6.45, 7) is 0.226. The lowest BCUT2D eigenvalue weighted by Gasteiger charge is -2.18. The quantitative estimate of drug-likeness (QED) is 0.765. The summed E-state index contributed by atoms with van der Waals surface area (Å²) in [6, 6.07) is 4.07. The fraction of sp³-hybridized carbons (Fsp3) is 0.182. The smallest absolute Gasteiger partial charge is 0.340 e. The molecule has 1 aromatic carbocycles. The maximum absolute atomic E-state index is 13.2. The third-order valence-corrected chi connectivity index (χ3v) is 1.95. The van der Waals surface area contributed by atoms with Crippen molar-refractivity contribution >= 4 is 11.7 Å². The molecular formula is C11H10FNO2. The molecule has 0 amide bonds. The molecule has 0 aliphatic rings. The van der Waals surface area contributed by atoms with Crippen molar-refractivity contribution in [3.05, 3.63) is 29.6 Å². The number of carboxylic acid groups (broad SMARTS) is 1. The van der Waals surface area contributed by atoms with Crippen molar-refractivity contribution in [3.8, 4) is 12.3 Å². The second-order valence-corrected chi connectivity index (χ2v) is 3.00. The number of carbonyl (C=O) groups is 1. The van der Waals surface area contributed by atoms with E-state index in [0.717, 1.165) is 6.07 Å². The molecule has 78 valence electrons. The van der Waals surface area contributed by atoms with Gasteiger partial charge in [0.05, 0.1) is 12.2 Å². The molecule has 0 unspecified atom stereocenters. The molecule has 1 N–H and O–H groups in total. The van der Waals surface area contributed by atoms with E-state index >= 15 is 0 Å². The van der Waals surface area contributed by atoms with E-state index in [2.05, 4.69) is 5.92 Å². The van der Waals surface area contributed by atoms with Crippen LogP contribution in [0.4, 0.5) is 10.1 Å². The van der Waals surface area contributed by atoms with Gasteiger partial charge in [-0.2, -0.15) is 0 Å².